The number of aromatic nitrogens is 1. The molecule has 4 heteroatoms. The van der Waals surface area contributed by atoms with Gasteiger partial charge in [-0.1, -0.05) is 42.5 Å². The summed E-state index contributed by atoms with van der Waals surface area (Å²) >= 11 is 1.21. The first-order chi connectivity index (χ1) is 8.69. The Balaban J connectivity index is 1.94. The Morgan fingerprint density at radius 1 is 1.33 bits per heavy atom. The van der Waals surface area contributed by atoms with Crippen molar-refractivity contribution in [2.24, 2.45) is 0 Å². The fourth-order valence-corrected chi connectivity index (χ4v) is 2.41. The van der Waals surface area contributed by atoms with Crippen LogP contribution in [0, 0.1) is 0 Å². The van der Waals surface area contributed by atoms with E-state index in [0.29, 0.717) is 6.54 Å². The Kier molecular flexibility index (Phi) is 4.33. The number of rotatable bonds is 5. The highest BCUT2D eigenvalue weighted by Crippen LogP contribution is 2.14. The molecular formula is C14H18N2OS. The number of nitrogens with one attached hydrogen (secondary N) is 2. The van der Waals surface area contributed by atoms with Crippen molar-refractivity contribution in [2.45, 2.75) is 32.9 Å². The molecule has 0 saturated carbocycles. The lowest BCUT2D eigenvalue weighted by molar-refractivity contribution is 0.568. The molecule has 0 aliphatic heterocycles. The number of aromatic amines is 1. The summed E-state index contributed by atoms with van der Waals surface area (Å²) in [5.74, 6) is 0. The Morgan fingerprint density at radius 3 is 2.61 bits per heavy atom. The second-order valence-corrected chi connectivity index (χ2v) is 5.21. The number of hydrogen-bond acceptors (Lipinski definition) is 3. The molecule has 0 spiro atoms. The van der Waals surface area contributed by atoms with Crippen molar-refractivity contribution in [3.8, 4) is 0 Å². The molecule has 1 aromatic carbocycles. The third-order valence-corrected chi connectivity index (χ3v) is 3.78. The van der Waals surface area contributed by atoms with Gasteiger partial charge in [-0.3, -0.25) is 4.79 Å². The fourth-order valence-electron chi connectivity index (χ4n) is 1.82. The molecule has 2 N–H and O–H groups in total. The van der Waals surface area contributed by atoms with E-state index in [9.17, 15) is 4.79 Å². The topological polar surface area (TPSA) is 44.9 Å². The van der Waals surface area contributed by atoms with Crippen LogP contribution in [0.3, 0.4) is 0 Å². The molecule has 0 aliphatic carbocycles. The molecule has 2 rings (SSSR count). The first kappa shape index (κ1) is 13.1. The lowest BCUT2D eigenvalue weighted by Crippen LogP contribution is -2.18. The van der Waals surface area contributed by atoms with E-state index in [4.69, 9.17) is 0 Å². The largest absolute Gasteiger partial charge is 0.315 e. The molecule has 96 valence electrons. The predicted molar refractivity (Wildman–Crippen MR) is 76.0 cm³/mol. The van der Waals surface area contributed by atoms with Crippen LogP contribution in [0.2, 0.25) is 0 Å². The summed E-state index contributed by atoms with van der Waals surface area (Å²) in [5.41, 5.74) is 3.57. The SMILES string of the molecule is CCc1ccc(C(C)NCc2csc(=O)[nH]2)cc1. The third kappa shape index (κ3) is 3.31. The van der Waals surface area contributed by atoms with Gasteiger partial charge < -0.3 is 10.3 Å². The van der Waals surface area contributed by atoms with Crippen LogP contribution in [0.1, 0.15) is 36.7 Å². The lowest BCUT2D eigenvalue weighted by Gasteiger charge is -2.14. The molecular weight excluding hydrogens is 244 g/mol. The molecule has 0 saturated heterocycles. The van der Waals surface area contributed by atoms with Crippen LogP contribution < -0.4 is 10.2 Å². The van der Waals surface area contributed by atoms with Gasteiger partial charge in [0, 0.05) is 23.7 Å². The van der Waals surface area contributed by atoms with Gasteiger partial charge >= 0.3 is 4.87 Å². The average molecular weight is 262 g/mol. The lowest BCUT2D eigenvalue weighted by atomic mass is 10.1. The molecule has 1 heterocycles. The highest BCUT2D eigenvalue weighted by atomic mass is 32.1. The maximum atomic E-state index is 11.0. The number of benzene rings is 1. The standard InChI is InChI=1S/C14H18N2OS/c1-3-11-4-6-12(7-5-11)10(2)15-8-13-9-18-14(17)16-13/h4-7,9-10,15H,3,8H2,1-2H3,(H,16,17). The molecule has 0 fully saturated rings. The smallest absolute Gasteiger partial charge is 0.304 e. The van der Waals surface area contributed by atoms with E-state index in [1.165, 1.54) is 22.5 Å². The number of hydrogen-bond donors (Lipinski definition) is 2. The van der Waals surface area contributed by atoms with Crippen LogP contribution >= 0.6 is 11.3 Å². The molecule has 1 unspecified atom stereocenters. The second-order valence-electron chi connectivity index (χ2n) is 4.37. The zero-order chi connectivity index (χ0) is 13.0. The van der Waals surface area contributed by atoms with Crippen LogP contribution in [0.25, 0.3) is 0 Å². The molecule has 0 radical (unpaired) electrons. The Hall–Kier alpha value is -1.39. The summed E-state index contributed by atoms with van der Waals surface area (Å²) in [6, 6.07) is 8.93. The van der Waals surface area contributed by atoms with Gasteiger partial charge in [-0.15, -0.1) is 0 Å². The molecule has 1 aromatic heterocycles. The van der Waals surface area contributed by atoms with E-state index in [1.54, 1.807) is 0 Å². The quantitative estimate of drug-likeness (QED) is 0.870. The first-order valence-corrected chi connectivity index (χ1v) is 7.06. The van der Waals surface area contributed by atoms with E-state index >= 15 is 0 Å². The summed E-state index contributed by atoms with van der Waals surface area (Å²) in [6.45, 7) is 4.98. The van der Waals surface area contributed by atoms with Gasteiger partial charge in [-0.25, -0.2) is 0 Å². The molecule has 0 amide bonds. The van der Waals surface area contributed by atoms with Crippen LogP contribution in [-0.4, -0.2) is 4.98 Å². The minimum atomic E-state index is 0.00625. The highest BCUT2D eigenvalue weighted by molar-refractivity contribution is 7.07. The van der Waals surface area contributed by atoms with Crippen LogP contribution in [0.15, 0.2) is 34.4 Å². The fraction of sp³-hybridized carbons (Fsp3) is 0.357. The molecule has 0 aliphatic rings. The molecule has 1 atom stereocenters. The average Bonchev–Trinajstić information content (AvgIpc) is 2.82. The van der Waals surface area contributed by atoms with Gasteiger partial charge in [0.05, 0.1) is 0 Å². The summed E-state index contributed by atoms with van der Waals surface area (Å²) in [6.07, 6.45) is 1.07. The van der Waals surface area contributed by atoms with Gasteiger partial charge in [0.25, 0.3) is 0 Å². The Bertz CT molecular complexity index is 541. The molecule has 18 heavy (non-hydrogen) atoms. The molecule has 3 nitrogen and oxygen atoms in total. The van der Waals surface area contributed by atoms with Crippen molar-refractivity contribution in [3.63, 3.8) is 0 Å². The minimum Gasteiger partial charge on any atom is -0.315 e. The summed E-state index contributed by atoms with van der Waals surface area (Å²) in [4.78, 5) is 13.8. The van der Waals surface area contributed by atoms with Crippen LogP contribution in [0.5, 0.6) is 0 Å². The van der Waals surface area contributed by atoms with E-state index in [2.05, 4.69) is 48.4 Å². The van der Waals surface area contributed by atoms with Gasteiger partial charge in [-0.2, -0.15) is 0 Å². The van der Waals surface area contributed by atoms with E-state index in [1.807, 2.05) is 5.38 Å². The van der Waals surface area contributed by atoms with E-state index in [0.717, 1.165) is 12.1 Å². The summed E-state index contributed by atoms with van der Waals surface area (Å²) in [5, 5.41) is 5.27. The number of aryl methyl sites for hydroxylation is 1. The normalized spacial score (nSPS) is 12.6. The van der Waals surface area contributed by atoms with Crippen molar-refractivity contribution < 1.29 is 0 Å². The Morgan fingerprint density at radius 2 is 2.06 bits per heavy atom. The number of H-pyrrole nitrogens is 1. The van der Waals surface area contributed by atoms with Crippen molar-refractivity contribution in [1.82, 2.24) is 10.3 Å². The minimum absolute atomic E-state index is 0.00625. The van der Waals surface area contributed by atoms with Crippen molar-refractivity contribution in [3.05, 3.63) is 56.1 Å². The van der Waals surface area contributed by atoms with Gasteiger partial charge in [0.1, 0.15) is 0 Å². The van der Waals surface area contributed by atoms with E-state index in [-0.39, 0.29) is 10.9 Å². The number of thiazole rings is 1. The van der Waals surface area contributed by atoms with E-state index < -0.39 is 0 Å². The first-order valence-electron chi connectivity index (χ1n) is 6.18. The highest BCUT2D eigenvalue weighted by Gasteiger charge is 2.05. The monoisotopic (exact) mass is 262 g/mol. The van der Waals surface area contributed by atoms with Crippen molar-refractivity contribution in [2.75, 3.05) is 0 Å². The van der Waals surface area contributed by atoms with Gasteiger partial charge in [0.2, 0.25) is 0 Å². The van der Waals surface area contributed by atoms with Gasteiger partial charge in [0.15, 0.2) is 0 Å². The molecule has 2 aromatic rings. The van der Waals surface area contributed by atoms with Crippen LogP contribution in [-0.2, 0) is 13.0 Å². The zero-order valence-corrected chi connectivity index (χ0v) is 11.5. The molecule has 0 bridgehead atoms. The third-order valence-electron chi connectivity index (χ3n) is 3.06. The zero-order valence-electron chi connectivity index (χ0n) is 10.7. The second kappa shape index (κ2) is 5.98. The maximum Gasteiger partial charge on any atom is 0.304 e. The van der Waals surface area contributed by atoms with Crippen molar-refractivity contribution in [1.29, 1.82) is 0 Å². The summed E-state index contributed by atoms with van der Waals surface area (Å²) in [7, 11) is 0. The van der Waals surface area contributed by atoms with Crippen LogP contribution in [0.4, 0.5) is 0 Å². The van der Waals surface area contributed by atoms with Gasteiger partial charge in [-0.05, 0) is 24.5 Å². The predicted octanol–water partition coefficient (Wildman–Crippen LogP) is 2.85. The Labute approximate surface area is 111 Å². The maximum absolute atomic E-state index is 11.0. The van der Waals surface area contributed by atoms with Crippen molar-refractivity contribution >= 4 is 11.3 Å². The summed E-state index contributed by atoms with van der Waals surface area (Å²) < 4.78 is 0.